The average molecular weight is 1060 g/mol. The van der Waals surface area contributed by atoms with E-state index in [2.05, 4.69) is 139 Å². The number of Topliss-reactive ketones (excluding diaryl/α,β-unsaturated/α-hetero) is 2. The van der Waals surface area contributed by atoms with Crippen molar-refractivity contribution in [3.05, 3.63) is 313 Å². The molecule has 0 aliphatic rings. The summed E-state index contributed by atoms with van der Waals surface area (Å²) in [6.07, 6.45) is 25.7. The van der Waals surface area contributed by atoms with E-state index in [4.69, 9.17) is 0 Å². The number of carbonyl (C=O) groups excluding carboxylic acids is 4. The van der Waals surface area contributed by atoms with Crippen molar-refractivity contribution in [1.82, 2.24) is 9.80 Å². The van der Waals surface area contributed by atoms with Crippen molar-refractivity contribution in [2.45, 2.75) is 78.6 Å². The minimum atomic E-state index is 0.0318. The van der Waals surface area contributed by atoms with Crippen molar-refractivity contribution in [2.75, 3.05) is 13.1 Å². The third-order valence-electron chi connectivity index (χ3n) is 12.7. The summed E-state index contributed by atoms with van der Waals surface area (Å²) in [7, 11) is 0. The van der Waals surface area contributed by atoms with Gasteiger partial charge in [-0.25, -0.2) is 0 Å². The highest BCUT2D eigenvalue weighted by Crippen LogP contribution is 2.33. The van der Waals surface area contributed by atoms with Crippen LogP contribution in [0.5, 0.6) is 0 Å². The van der Waals surface area contributed by atoms with Crippen LogP contribution in [-0.2, 0) is 19.2 Å². The highest BCUT2D eigenvalue weighted by Gasteiger charge is 2.27. The Morgan fingerprint density at radius 3 is 1.10 bits per heavy atom. The van der Waals surface area contributed by atoms with Crippen LogP contribution in [0.3, 0.4) is 0 Å². The Kier molecular flexibility index (Phi) is 30.3. The first kappa shape index (κ1) is 63.8. The molecule has 410 valence electrons. The molecule has 4 atom stereocenters. The summed E-state index contributed by atoms with van der Waals surface area (Å²) in [5.74, 6) is 0.531. The van der Waals surface area contributed by atoms with E-state index in [0.29, 0.717) is 12.8 Å². The molecule has 6 nitrogen and oxygen atoms in total. The minimum Gasteiger partial charge on any atom is -0.300 e. The molecule has 0 amide bonds. The first-order valence-electron chi connectivity index (χ1n) is 27.4. The van der Waals surface area contributed by atoms with E-state index in [1.165, 1.54) is 36.1 Å². The molecule has 0 fully saturated rings. The van der Waals surface area contributed by atoms with E-state index in [1.807, 2.05) is 158 Å². The quantitative estimate of drug-likeness (QED) is 0.0341. The van der Waals surface area contributed by atoms with Gasteiger partial charge < -0.3 is 0 Å². The second-order valence-electron chi connectivity index (χ2n) is 19.2. The predicted octanol–water partition coefficient (Wildman–Crippen LogP) is 17.5. The fourth-order valence-electron chi connectivity index (χ4n) is 8.60. The van der Waals surface area contributed by atoms with Crippen LogP contribution in [0.4, 0.5) is 0 Å². The van der Waals surface area contributed by atoms with Gasteiger partial charge in [0.2, 0.25) is 0 Å². The first-order chi connectivity index (χ1) is 38.8. The molecule has 7 aromatic carbocycles. The Hall–Kier alpha value is -8.68. The number of benzene rings is 7. The molecule has 0 saturated heterocycles. The molecule has 80 heavy (non-hydrogen) atoms. The number of ketones is 4. The van der Waals surface area contributed by atoms with E-state index in [-0.39, 0.29) is 47.3 Å². The Morgan fingerprint density at radius 2 is 0.738 bits per heavy atom. The Morgan fingerprint density at radius 1 is 0.400 bits per heavy atom. The van der Waals surface area contributed by atoms with Crippen LogP contribution in [-0.4, -0.2) is 52.1 Å². The van der Waals surface area contributed by atoms with Gasteiger partial charge in [0.15, 0.2) is 11.6 Å². The van der Waals surface area contributed by atoms with Crippen molar-refractivity contribution >= 4 is 47.4 Å². The highest BCUT2D eigenvalue weighted by molar-refractivity contribution is 5.88. The van der Waals surface area contributed by atoms with E-state index >= 15 is 0 Å². The van der Waals surface area contributed by atoms with Crippen molar-refractivity contribution in [3.8, 4) is 0 Å². The maximum Gasteiger partial charge on any atom is 0.152 e. The Balaban J connectivity index is 0.000000244. The number of nitrogens with zero attached hydrogens (tertiary/aromatic N) is 2. The monoisotopic (exact) mass is 1060 g/mol. The number of carbonyl (C=O) groups is 4. The summed E-state index contributed by atoms with van der Waals surface area (Å²) in [4.78, 5) is 49.8. The van der Waals surface area contributed by atoms with Crippen LogP contribution >= 0.6 is 0 Å². The zero-order valence-corrected chi connectivity index (χ0v) is 47.6. The van der Waals surface area contributed by atoms with Gasteiger partial charge in [0.05, 0.1) is 0 Å². The standard InChI is InChI=1S/C27H29NO.C23H27NO.2C12H12O/c1-22(29)21-27(26-18-10-5-11-19-26)28(23(2)25-16-8-4-9-17-25)20-12-15-24-13-6-3-7-14-24;1-4-17-24(20(3)22-13-9-6-10-14-22)23(18-19(2)25)16-15-21-11-7-5-8-12-21;2*1-11(13)7-5-6-10-12-8-3-2-4-9-12/h3-19,23,27H,20-21H2,1-2H3;4-16,20,23H,1,17-18H2,2-3H3;2*2-10H,1H3/b15-12+;16-15+;7-5+,10-6+;7-5-,10-6+/t23-,27?;20-,23?;;/m11../s1. The molecule has 0 aliphatic carbocycles. The van der Waals surface area contributed by atoms with Crippen LogP contribution in [0, 0.1) is 0 Å². The van der Waals surface area contributed by atoms with E-state index < -0.39 is 0 Å². The molecule has 0 radical (unpaired) electrons. The van der Waals surface area contributed by atoms with Gasteiger partial charge in [-0.2, -0.15) is 0 Å². The number of hydrogen-bond acceptors (Lipinski definition) is 6. The van der Waals surface area contributed by atoms with Gasteiger partial charge in [-0.05, 0) is 92.6 Å². The number of allylic oxidation sites excluding steroid dienone is 6. The van der Waals surface area contributed by atoms with Gasteiger partial charge in [0.1, 0.15) is 11.6 Å². The normalized spacial score (nSPS) is 12.8. The minimum absolute atomic E-state index is 0.0318. The molecule has 0 aromatic heterocycles. The molecule has 0 spiro atoms. The third kappa shape index (κ3) is 26.1. The molecule has 6 heteroatoms. The topological polar surface area (TPSA) is 74.8 Å². The largest absolute Gasteiger partial charge is 0.300 e. The SMILES string of the molecule is C=CCN(C(/C=C/c1ccccc1)CC(C)=O)[C@H](C)c1ccccc1.CC(=O)/C=C/C=C/c1ccccc1.CC(=O)/C=C\C=C\c1ccccc1.CC(=O)CC(c1ccccc1)N(C/C=C/c1ccccc1)[C@H](C)c1ccccc1. The third-order valence-corrected chi connectivity index (χ3v) is 12.7. The molecule has 0 bridgehead atoms. The molecular formula is C74H80N2O4. The molecule has 0 N–H and O–H groups in total. The smallest absolute Gasteiger partial charge is 0.152 e. The maximum absolute atomic E-state index is 12.1. The summed E-state index contributed by atoms with van der Waals surface area (Å²) in [5.41, 5.74) is 8.27. The number of rotatable bonds is 24. The Bertz CT molecular complexity index is 2970. The second-order valence-corrected chi connectivity index (χ2v) is 19.2. The summed E-state index contributed by atoms with van der Waals surface area (Å²) < 4.78 is 0. The van der Waals surface area contributed by atoms with Crippen LogP contribution in [0.15, 0.2) is 274 Å². The van der Waals surface area contributed by atoms with Gasteiger partial charge >= 0.3 is 0 Å². The van der Waals surface area contributed by atoms with Crippen LogP contribution in [0.1, 0.15) is 111 Å². The Labute approximate surface area is 478 Å². The van der Waals surface area contributed by atoms with Gasteiger partial charge in [-0.15, -0.1) is 6.58 Å². The fourth-order valence-corrected chi connectivity index (χ4v) is 8.60. The molecule has 7 rings (SSSR count). The summed E-state index contributed by atoms with van der Waals surface area (Å²) in [5, 5.41) is 0. The molecule has 0 aliphatic heterocycles. The van der Waals surface area contributed by atoms with Crippen molar-refractivity contribution < 1.29 is 19.2 Å². The molecule has 0 saturated carbocycles. The summed E-state index contributed by atoms with van der Waals surface area (Å²) >= 11 is 0. The lowest BCUT2D eigenvalue weighted by atomic mass is 9.96. The van der Waals surface area contributed by atoms with Crippen molar-refractivity contribution in [3.63, 3.8) is 0 Å². The lowest BCUT2D eigenvalue weighted by molar-refractivity contribution is -0.119. The van der Waals surface area contributed by atoms with Crippen molar-refractivity contribution in [1.29, 1.82) is 0 Å². The van der Waals surface area contributed by atoms with Gasteiger partial charge in [0.25, 0.3) is 0 Å². The fraction of sp³-hybridized carbons (Fsp3) is 0.189. The predicted molar refractivity (Wildman–Crippen MR) is 338 cm³/mol. The average Bonchev–Trinajstić information content (AvgIpc) is 3.51. The summed E-state index contributed by atoms with van der Waals surface area (Å²) in [6, 6.07) is 72.2. The zero-order valence-electron chi connectivity index (χ0n) is 47.6. The van der Waals surface area contributed by atoms with Crippen LogP contribution < -0.4 is 0 Å². The molecule has 2 unspecified atom stereocenters. The van der Waals surface area contributed by atoms with Crippen LogP contribution in [0.2, 0.25) is 0 Å². The summed E-state index contributed by atoms with van der Waals surface area (Å²) in [6.45, 7) is 16.2. The zero-order chi connectivity index (χ0) is 57.6. The van der Waals surface area contributed by atoms with Gasteiger partial charge in [0, 0.05) is 50.1 Å². The molecular weight excluding hydrogens is 981 g/mol. The highest BCUT2D eigenvalue weighted by atomic mass is 16.1. The van der Waals surface area contributed by atoms with Gasteiger partial charge in [-0.3, -0.25) is 29.0 Å². The lowest BCUT2D eigenvalue weighted by Crippen LogP contribution is -2.37. The maximum atomic E-state index is 12.1. The molecule has 7 aromatic rings. The van der Waals surface area contributed by atoms with Crippen LogP contribution in [0.25, 0.3) is 24.3 Å². The first-order valence-corrected chi connectivity index (χ1v) is 27.4. The van der Waals surface area contributed by atoms with E-state index in [1.54, 1.807) is 38.2 Å². The lowest BCUT2D eigenvalue weighted by Gasteiger charge is -2.36. The van der Waals surface area contributed by atoms with Crippen molar-refractivity contribution in [2.24, 2.45) is 0 Å². The van der Waals surface area contributed by atoms with Gasteiger partial charge in [-0.1, -0.05) is 279 Å². The second kappa shape index (κ2) is 38.0. The molecule has 0 heterocycles. The number of hydrogen-bond donors (Lipinski definition) is 0. The van der Waals surface area contributed by atoms with E-state index in [0.717, 1.165) is 29.8 Å². The van der Waals surface area contributed by atoms with E-state index in [9.17, 15) is 19.2 Å².